The molecule has 8 fully saturated rings. The van der Waals surface area contributed by atoms with Crippen LogP contribution in [0.1, 0.15) is 26.2 Å². The van der Waals surface area contributed by atoms with Crippen LogP contribution in [0.5, 0.6) is 0 Å². The number of likely N-dealkylation sites (tertiary alicyclic amines) is 2. The zero-order valence-electron chi connectivity index (χ0n) is 39.6. The van der Waals surface area contributed by atoms with E-state index in [-0.39, 0.29) is 11.3 Å². The van der Waals surface area contributed by atoms with Gasteiger partial charge in [-0.15, -0.1) is 0 Å². The van der Waals surface area contributed by atoms with Crippen LogP contribution < -0.4 is 30.2 Å². The molecular formula is C52H60N14O3. The smallest absolute Gasteiger partial charge is 0.228 e. The summed E-state index contributed by atoms with van der Waals surface area (Å²) in [4.78, 5) is 54.1. The molecule has 0 radical (unpaired) electrons. The zero-order valence-corrected chi connectivity index (χ0v) is 39.6. The molecular weight excluding hydrogens is 869 g/mol. The summed E-state index contributed by atoms with van der Waals surface area (Å²) in [6.45, 7) is 17.7. The topological polar surface area (TPSA) is 156 Å². The predicted molar refractivity (Wildman–Crippen MR) is 268 cm³/mol. The van der Waals surface area contributed by atoms with Gasteiger partial charge in [-0.05, 0) is 62.7 Å². The Morgan fingerprint density at radius 2 is 1.00 bits per heavy atom. The Bertz CT molecular complexity index is 2910. The molecule has 17 heteroatoms. The number of anilines is 8. The SMILES string of the molecule is CC(=O)N1CCC2(CCN(c3cccc4cnc(Nc5ccc(N6CC7(COC7)C6)cn5)nc34)C2)C1.CN1CC2(CCN(c3cccc4cnc(Nc5ccc(N6CC7(COC7)C6)cn5)nc34)C2)C1. The van der Waals surface area contributed by atoms with E-state index in [0.29, 0.717) is 28.1 Å². The van der Waals surface area contributed by atoms with Gasteiger partial charge in [0.15, 0.2) is 0 Å². The molecule has 356 valence electrons. The number of ether oxygens (including phenoxy) is 2. The van der Waals surface area contributed by atoms with Crippen molar-refractivity contribution >= 4 is 74.0 Å². The third kappa shape index (κ3) is 7.87. The number of carbonyl (C=O) groups excluding carboxylic acids is 1. The van der Waals surface area contributed by atoms with Crippen LogP contribution in [0.4, 0.5) is 46.3 Å². The first kappa shape index (κ1) is 42.7. The molecule has 0 saturated carbocycles. The van der Waals surface area contributed by atoms with E-state index in [1.54, 1.807) is 6.92 Å². The van der Waals surface area contributed by atoms with Crippen LogP contribution in [-0.4, -0.2) is 158 Å². The van der Waals surface area contributed by atoms with Gasteiger partial charge in [0.25, 0.3) is 0 Å². The average Bonchev–Trinajstić information content (AvgIpc) is 4.05. The third-order valence-electron chi connectivity index (χ3n) is 16.3. The minimum Gasteiger partial charge on any atom is -0.380 e. The number of nitrogens with one attached hydrogen (secondary N) is 2. The maximum Gasteiger partial charge on any atom is 0.228 e. The Hall–Kier alpha value is -6.43. The lowest BCUT2D eigenvalue weighted by atomic mass is 9.78. The molecule has 69 heavy (non-hydrogen) atoms. The summed E-state index contributed by atoms with van der Waals surface area (Å²) in [6.07, 6.45) is 11.1. The first-order chi connectivity index (χ1) is 33.6. The first-order valence-corrected chi connectivity index (χ1v) is 24.7. The third-order valence-corrected chi connectivity index (χ3v) is 16.3. The lowest BCUT2D eigenvalue weighted by Crippen LogP contribution is -2.66. The largest absolute Gasteiger partial charge is 0.380 e. The molecule has 1 unspecified atom stereocenters. The second-order valence-electron chi connectivity index (χ2n) is 21.8. The summed E-state index contributed by atoms with van der Waals surface area (Å²) in [5.74, 6) is 2.80. The van der Waals surface area contributed by atoms with E-state index in [4.69, 9.17) is 19.4 Å². The lowest BCUT2D eigenvalue weighted by molar-refractivity contribution is -0.128. The number of aromatic nitrogens is 6. The Balaban J connectivity index is 0.000000136. The predicted octanol–water partition coefficient (Wildman–Crippen LogP) is 5.80. The standard InChI is InChI=1S/C27H31N7O2.C25H29N7O/c1-19(35)32-9-7-26(13-32)8-10-33(14-26)22-4-2-3-20-11-29-25(31-24(20)22)30-23-6-5-21(12-28-23)34-15-27(16-34)17-36-18-27;1-30-11-24(12-30)7-8-31(13-24)20-4-2-3-18-9-27-23(29-22(18)20)28-21-6-5-19(10-26-21)32-14-25(15-32)16-33-17-25/h2-6,11-12H,7-10,13-18H2,1H3,(H,28,29,30,31);2-6,9-10H,7-8,11-17H2,1H3,(H,26,27,28,29). The fourth-order valence-corrected chi connectivity index (χ4v) is 12.4. The summed E-state index contributed by atoms with van der Waals surface area (Å²) < 4.78 is 10.7. The van der Waals surface area contributed by atoms with Crippen LogP contribution in [0.3, 0.4) is 0 Å². The van der Waals surface area contributed by atoms with E-state index < -0.39 is 0 Å². The number of carbonyl (C=O) groups is 1. The second kappa shape index (κ2) is 16.3. The molecule has 8 saturated heterocycles. The zero-order chi connectivity index (χ0) is 46.4. The average molecular weight is 929 g/mol. The van der Waals surface area contributed by atoms with E-state index in [2.05, 4.69) is 111 Å². The number of fused-ring (bicyclic) bond motifs is 2. The molecule has 2 aromatic carbocycles. The quantitative estimate of drug-likeness (QED) is 0.189. The number of para-hydroxylation sites is 2. The Morgan fingerprint density at radius 3 is 1.43 bits per heavy atom. The number of hydrogen-bond donors (Lipinski definition) is 2. The second-order valence-corrected chi connectivity index (χ2v) is 21.8. The summed E-state index contributed by atoms with van der Waals surface area (Å²) >= 11 is 0. The minimum absolute atomic E-state index is 0.183. The monoisotopic (exact) mass is 928 g/mol. The van der Waals surface area contributed by atoms with Crippen LogP contribution in [-0.2, 0) is 14.3 Å². The van der Waals surface area contributed by atoms with Gasteiger partial charge in [-0.2, -0.15) is 0 Å². The molecule has 1 atom stereocenters. The molecule has 12 heterocycles. The number of benzene rings is 2. The van der Waals surface area contributed by atoms with Crippen molar-refractivity contribution in [1.29, 1.82) is 0 Å². The van der Waals surface area contributed by atoms with Gasteiger partial charge in [-0.3, -0.25) is 4.79 Å². The van der Waals surface area contributed by atoms with E-state index >= 15 is 0 Å². The fourth-order valence-electron chi connectivity index (χ4n) is 12.4. The van der Waals surface area contributed by atoms with Gasteiger partial charge in [0.2, 0.25) is 17.8 Å². The van der Waals surface area contributed by atoms with Crippen molar-refractivity contribution in [1.82, 2.24) is 39.7 Å². The van der Waals surface area contributed by atoms with Crippen molar-refractivity contribution in [2.45, 2.75) is 26.2 Å². The van der Waals surface area contributed by atoms with Crippen LogP contribution in [0.2, 0.25) is 0 Å². The van der Waals surface area contributed by atoms with Crippen LogP contribution in [0.15, 0.2) is 85.5 Å². The van der Waals surface area contributed by atoms with Crippen molar-refractivity contribution in [2.75, 3.05) is 142 Å². The van der Waals surface area contributed by atoms with Gasteiger partial charge in [-0.25, -0.2) is 29.9 Å². The Kier molecular flexibility index (Phi) is 10.1. The summed E-state index contributed by atoms with van der Waals surface area (Å²) in [7, 11) is 2.21. The van der Waals surface area contributed by atoms with Gasteiger partial charge < -0.3 is 49.5 Å². The summed E-state index contributed by atoms with van der Waals surface area (Å²) in [5, 5.41) is 8.68. The number of amides is 1. The number of hydrogen-bond acceptors (Lipinski definition) is 16. The lowest BCUT2D eigenvalue weighted by Gasteiger charge is -2.55. The molecule has 14 rings (SSSR count). The maximum absolute atomic E-state index is 11.9. The molecule has 8 aliphatic rings. The van der Waals surface area contributed by atoms with Crippen LogP contribution >= 0.6 is 0 Å². The fraction of sp³-hybridized carbons (Fsp3) is 0.481. The first-order valence-electron chi connectivity index (χ1n) is 24.7. The molecule has 4 spiro atoms. The molecule has 0 aliphatic carbocycles. The van der Waals surface area contributed by atoms with E-state index in [1.165, 1.54) is 25.2 Å². The highest BCUT2D eigenvalue weighted by Gasteiger charge is 2.50. The highest BCUT2D eigenvalue weighted by atomic mass is 16.5. The Labute approximate surface area is 402 Å². The maximum atomic E-state index is 11.9. The normalized spacial score (nSPS) is 23.7. The minimum atomic E-state index is 0.183. The van der Waals surface area contributed by atoms with Crippen LogP contribution in [0, 0.1) is 21.7 Å². The number of rotatable bonds is 8. The van der Waals surface area contributed by atoms with Crippen molar-refractivity contribution < 1.29 is 14.3 Å². The Morgan fingerprint density at radius 1 is 0.522 bits per heavy atom. The molecule has 8 aliphatic heterocycles. The highest BCUT2D eigenvalue weighted by Crippen LogP contribution is 2.45. The number of pyridine rings is 2. The summed E-state index contributed by atoms with van der Waals surface area (Å²) in [6, 6.07) is 20.9. The van der Waals surface area contributed by atoms with Crippen molar-refractivity contribution in [3.8, 4) is 0 Å². The van der Waals surface area contributed by atoms with E-state index in [1.807, 2.05) is 41.8 Å². The molecule has 1 amide bonds. The van der Waals surface area contributed by atoms with Crippen molar-refractivity contribution in [2.24, 2.45) is 21.7 Å². The van der Waals surface area contributed by atoms with Gasteiger partial charge in [0.1, 0.15) is 11.6 Å². The van der Waals surface area contributed by atoms with Gasteiger partial charge in [-0.1, -0.05) is 24.3 Å². The van der Waals surface area contributed by atoms with Crippen molar-refractivity contribution in [3.05, 3.63) is 85.5 Å². The highest BCUT2D eigenvalue weighted by molar-refractivity contribution is 5.92. The molecule has 2 N–H and O–H groups in total. The molecule has 0 bridgehead atoms. The molecule has 4 aromatic heterocycles. The van der Waals surface area contributed by atoms with Crippen molar-refractivity contribution in [3.63, 3.8) is 0 Å². The van der Waals surface area contributed by atoms with Gasteiger partial charge in [0, 0.05) is 119 Å². The van der Waals surface area contributed by atoms with E-state index in [0.717, 1.165) is 155 Å². The molecule has 6 aromatic rings. The van der Waals surface area contributed by atoms with E-state index in [9.17, 15) is 4.79 Å². The summed E-state index contributed by atoms with van der Waals surface area (Å²) in [5.41, 5.74) is 8.01. The van der Waals surface area contributed by atoms with Gasteiger partial charge in [0.05, 0.1) is 83.4 Å². The van der Waals surface area contributed by atoms with Crippen LogP contribution in [0.25, 0.3) is 21.8 Å². The molecule has 17 nitrogen and oxygen atoms in total. The van der Waals surface area contributed by atoms with Gasteiger partial charge >= 0.3 is 0 Å². The number of nitrogens with zero attached hydrogens (tertiary/aromatic N) is 12.